The minimum atomic E-state index is -0.394. The number of hydrogen-bond acceptors (Lipinski definition) is 5. The molecule has 3 rings (SSSR count). The average Bonchev–Trinajstić information content (AvgIpc) is 3.11. The molecule has 0 aliphatic carbocycles. The predicted octanol–water partition coefficient (Wildman–Crippen LogP) is 3.95. The van der Waals surface area contributed by atoms with E-state index in [4.69, 9.17) is 12.2 Å². The van der Waals surface area contributed by atoms with Crippen LogP contribution in [0.3, 0.4) is 0 Å². The summed E-state index contributed by atoms with van der Waals surface area (Å²) in [7, 11) is 0. The van der Waals surface area contributed by atoms with Gasteiger partial charge in [0.1, 0.15) is 5.82 Å². The van der Waals surface area contributed by atoms with E-state index in [0.29, 0.717) is 27.8 Å². The number of halogens is 1. The molecular formula is C16H14FN5OS2. The maximum Gasteiger partial charge on any atom is 0.257 e. The lowest BCUT2D eigenvalue weighted by molar-refractivity contribution is 0.102. The van der Waals surface area contributed by atoms with Gasteiger partial charge in [-0.15, -0.1) is 6.58 Å². The third kappa shape index (κ3) is 3.57. The van der Waals surface area contributed by atoms with Gasteiger partial charge in [-0.1, -0.05) is 17.4 Å². The summed E-state index contributed by atoms with van der Waals surface area (Å²) in [5.74, 6) is -0.110. The Bertz CT molecular complexity index is 987. The number of aromatic nitrogens is 4. The van der Waals surface area contributed by atoms with Crippen LogP contribution in [0.5, 0.6) is 0 Å². The number of benzene rings is 1. The van der Waals surface area contributed by atoms with Crippen molar-refractivity contribution in [2.75, 3.05) is 5.32 Å². The van der Waals surface area contributed by atoms with Gasteiger partial charge in [0.2, 0.25) is 0 Å². The lowest BCUT2D eigenvalue weighted by Crippen LogP contribution is -2.11. The molecule has 0 saturated carbocycles. The first-order valence-electron chi connectivity index (χ1n) is 7.30. The van der Waals surface area contributed by atoms with E-state index in [1.807, 2.05) is 6.92 Å². The van der Waals surface area contributed by atoms with Crippen molar-refractivity contribution in [2.45, 2.75) is 13.5 Å². The largest absolute Gasteiger partial charge is 0.298 e. The number of aryl methyl sites for hydroxylation is 1. The Hall–Kier alpha value is -2.65. The van der Waals surface area contributed by atoms with Crippen molar-refractivity contribution in [2.24, 2.45) is 0 Å². The number of carbonyl (C=O) groups excluding carboxylic acids is 1. The minimum absolute atomic E-state index is 0.352. The zero-order valence-electron chi connectivity index (χ0n) is 13.2. The first-order valence-corrected chi connectivity index (χ1v) is 8.53. The molecule has 25 heavy (non-hydrogen) atoms. The van der Waals surface area contributed by atoms with Crippen LogP contribution in [0.4, 0.5) is 9.52 Å². The number of H-pyrrole nitrogens is 1. The molecule has 0 spiro atoms. The van der Waals surface area contributed by atoms with E-state index in [9.17, 15) is 9.18 Å². The summed E-state index contributed by atoms with van der Waals surface area (Å²) in [6.07, 6.45) is 1.72. The topological polar surface area (TPSA) is 75.6 Å². The van der Waals surface area contributed by atoms with Crippen molar-refractivity contribution >= 4 is 34.6 Å². The van der Waals surface area contributed by atoms with E-state index in [-0.39, 0.29) is 5.91 Å². The Balaban J connectivity index is 1.88. The zero-order valence-corrected chi connectivity index (χ0v) is 14.9. The molecule has 0 unspecified atom stereocenters. The molecule has 6 nitrogen and oxygen atoms in total. The van der Waals surface area contributed by atoms with E-state index in [2.05, 4.69) is 27.1 Å². The Morgan fingerprint density at radius 1 is 1.48 bits per heavy atom. The Kier molecular flexibility index (Phi) is 4.86. The molecule has 0 saturated heterocycles. The van der Waals surface area contributed by atoms with Gasteiger partial charge in [0.15, 0.2) is 15.7 Å². The summed E-state index contributed by atoms with van der Waals surface area (Å²) in [5.41, 5.74) is 1.07. The van der Waals surface area contributed by atoms with Gasteiger partial charge in [-0.3, -0.25) is 19.8 Å². The highest BCUT2D eigenvalue weighted by Gasteiger charge is 2.17. The maximum atomic E-state index is 13.0. The second kappa shape index (κ2) is 7.08. The predicted molar refractivity (Wildman–Crippen MR) is 97.8 cm³/mol. The van der Waals surface area contributed by atoms with Gasteiger partial charge in [-0.05, 0) is 43.4 Å². The first kappa shape index (κ1) is 17.2. The number of carbonyl (C=O) groups is 1. The molecule has 9 heteroatoms. The molecule has 0 bridgehead atoms. The molecule has 0 aliphatic heterocycles. The summed E-state index contributed by atoms with van der Waals surface area (Å²) < 4.78 is 15.2. The smallest absolute Gasteiger partial charge is 0.257 e. The van der Waals surface area contributed by atoms with Crippen molar-refractivity contribution < 1.29 is 9.18 Å². The third-order valence-corrected chi connectivity index (χ3v) is 4.78. The number of nitrogens with zero attached hydrogens (tertiary/aromatic N) is 3. The first-order chi connectivity index (χ1) is 12.0. The number of nitrogens with one attached hydrogen (secondary N) is 2. The Labute approximate surface area is 152 Å². The summed E-state index contributed by atoms with van der Waals surface area (Å²) >= 11 is 6.50. The molecule has 1 amide bonds. The fourth-order valence-corrected chi connectivity index (χ4v) is 3.38. The van der Waals surface area contributed by atoms with Gasteiger partial charge in [0.05, 0.1) is 10.6 Å². The van der Waals surface area contributed by atoms with E-state index in [0.717, 1.165) is 10.6 Å². The number of rotatable bonds is 5. The summed E-state index contributed by atoms with van der Waals surface area (Å²) in [6.45, 7) is 6.06. The summed E-state index contributed by atoms with van der Waals surface area (Å²) in [6, 6.07) is 5.31. The number of allylic oxidation sites excluding steroid dienone is 1. The van der Waals surface area contributed by atoms with Crippen LogP contribution in [-0.2, 0) is 6.54 Å². The van der Waals surface area contributed by atoms with E-state index in [1.54, 1.807) is 10.6 Å². The molecule has 128 valence electrons. The van der Waals surface area contributed by atoms with Gasteiger partial charge in [0, 0.05) is 12.1 Å². The van der Waals surface area contributed by atoms with Crippen LogP contribution in [0, 0.1) is 17.5 Å². The van der Waals surface area contributed by atoms with Gasteiger partial charge in [-0.25, -0.2) is 9.37 Å². The minimum Gasteiger partial charge on any atom is -0.298 e. The highest BCUT2D eigenvalue weighted by Crippen LogP contribution is 2.31. The molecule has 2 N–H and O–H groups in total. The molecule has 0 aliphatic rings. The third-order valence-electron chi connectivity index (χ3n) is 3.40. The molecule has 0 atom stereocenters. The maximum absolute atomic E-state index is 13.0. The van der Waals surface area contributed by atoms with Crippen molar-refractivity contribution in [3.05, 3.63) is 58.8 Å². The highest BCUT2D eigenvalue weighted by atomic mass is 32.1. The van der Waals surface area contributed by atoms with Crippen molar-refractivity contribution in [3.8, 4) is 10.7 Å². The molecule has 3 aromatic rings. The van der Waals surface area contributed by atoms with Gasteiger partial charge >= 0.3 is 0 Å². The van der Waals surface area contributed by atoms with Crippen LogP contribution >= 0.6 is 23.6 Å². The second-order valence-electron chi connectivity index (χ2n) is 5.15. The van der Waals surface area contributed by atoms with Gasteiger partial charge in [-0.2, -0.15) is 5.10 Å². The van der Waals surface area contributed by atoms with Crippen LogP contribution in [-0.4, -0.2) is 25.7 Å². The van der Waals surface area contributed by atoms with Crippen molar-refractivity contribution in [3.63, 3.8) is 0 Å². The number of amides is 1. The molecule has 2 aromatic heterocycles. The van der Waals surface area contributed by atoms with Crippen molar-refractivity contribution in [1.29, 1.82) is 0 Å². The second-order valence-corrected chi connectivity index (χ2v) is 6.53. The zero-order chi connectivity index (χ0) is 18.0. The van der Waals surface area contributed by atoms with Crippen LogP contribution in [0.15, 0.2) is 36.9 Å². The molecular weight excluding hydrogens is 361 g/mol. The fourth-order valence-electron chi connectivity index (χ4n) is 2.22. The average molecular weight is 375 g/mol. The lowest BCUT2D eigenvalue weighted by atomic mass is 10.2. The normalized spacial score (nSPS) is 10.6. The SMILES string of the molecule is C=CCn1c(-c2sc(NC(=O)c3ccc(F)cc3)nc2C)n[nH]c1=S. The number of aromatic amines is 1. The fraction of sp³-hybridized carbons (Fsp3) is 0.125. The standard InChI is InChI=1S/C16H14FN5OS2/c1-3-8-22-13(20-21-16(22)24)12-9(2)18-15(25-12)19-14(23)10-4-6-11(17)7-5-10/h3-7H,1,8H2,2H3,(H,21,24)(H,18,19,23). The van der Waals surface area contributed by atoms with Gasteiger partial charge < -0.3 is 0 Å². The van der Waals surface area contributed by atoms with Crippen LogP contribution < -0.4 is 5.32 Å². The van der Waals surface area contributed by atoms with Crippen molar-refractivity contribution in [1.82, 2.24) is 19.7 Å². The quantitative estimate of drug-likeness (QED) is 0.523. The molecule has 0 fully saturated rings. The van der Waals surface area contributed by atoms with Gasteiger partial charge in [0.25, 0.3) is 5.91 Å². The van der Waals surface area contributed by atoms with Crippen LogP contribution in [0.2, 0.25) is 0 Å². The molecule has 0 radical (unpaired) electrons. The number of hydrogen-bond donors (Lipinski definition) is 2. The number of thiazole rings is 1. The Morgan fingerprint density at radius 3 is 2.88 bits per heavy atom. The van der Waals surface area contributed by atoms with Crippen LogP contribution in [0.25, 0.3) is 10.7 Å². The summed E-state index contributed by atoms with van der Waals surface area (Å²) in [4.78, 5) is 17.4. The van der Waals surface area contributed by atoms with Crippen LogP contribution in [0.1, 0.15) is 16.1 Å². The Morgan fingerprint density at radius 2 is 2.20 bits per heavy atom. The molecule has 1 aromatic carbocycles. The molecule has 2 heterocycles. The number of anilines is 1. The lowest BCUT2D eigenvalue weighted by Gasteiger charge is -2.02. The van der Waals surface area contributed by atoms with E-state index < -0.39 is 5.82 Å². The summed E-state index contributed by atoms with van der Waals surface area (Å²) in [5, 5.41) is 10.1. The monoisotopic (exact) mass is 375 g/mol. The van der Waals surface area contributed by atoms with E-state index >= 15 is 0 Å². The highest BCUT2D eigenvalue weighted by molar-refractivity contribution is 7.71. The van der Waals surface area contributed by atoms with E-state index in [1.165, 1.54) is 35.6 Å².